The van der Waals surface area contributed by atoms with Gasteiger partial charge in [-0.25, -0.2) is 12.8 Å². The Kier molecular flexibility index (Phi) is 10.2. The topological polar surface area (TPSA) is 86.8 Å². The van der Waals surface area contributed by atoms with Crippen molar-refractivity contribution in [2.75, 3.05) is 17.1 Å². The summed E-state index contributed by atoms with van der Waals surface area (Å²) in [7, 11) is -3.98. The Hall–Kier alpha value is -3.14. The molecule has 0 saturated heterocycles. The number of carbonyl (C=O) groups is 2. The summed E-state index contributed by atoms with van der Waals surface area (Å²) in [6.07, 6.45) is 1.08. The molecule has 0 heterocycles. The number of amides is 2. The van der Waals surface area contributed by atoms with Crippen molar-refractivity contribution >= 4 is 50.7 Å². The highest BCUT2D eigenvalue weighted by atomic mass is 35.5. The van der Waals surface area contributed by atoms with E-state index in [0.29, 0.717) is 0 Å². The molecule has 1 atom stereocenters. The standard InChI is InChI=1S/C29H32Cl2FN3O4S/c1-29(2,3)33-28(37)26(16-20-10-6-5-7-11-20)34(18-21-12-8-9-13-25(21)32)27(36)19-35(40(4,38)39)22-14-15-23(30)24(31)17-22/h5-15,17,26H,16,18-19H2,1-4H3,(H,33,37)/t26-/m1/s1. The highest BCUT2D eigenvalue weighted by Crippen LogP contribution is 2.29. The quantitative estimate of drug-likeness (QED) is 0.332. The Labute approximate surface area is 244 Å². The lowest BCUT2D eigenvalue weighted by molar-refractivity contribution is -0.140. The van der Waals surface area contributed by atoms with E-state index in [2.05, 4.69) is 5.32 Å². The van der Waals surface area contributed by atoms with Crippen molar-refractivity contribution < 1.29 is 22.4 Å². The zero-order valence-corrected chi connectivity index (χ0v) is 25.0. The van der Waals surface area contributed by atoms with Crippen LogP contribution in [0.1, 0.15) is 31.9 Å². The third-order valence-corrected chi connectivity index (χ3v) is 7.82. The summed E-state index contributed by atoms with van der Waals surface area (Å²) in [5.41, 5.74) is 0.442. The second kappa shape index (κ2) is 13.0. The lowest BCUT2D eigenvalue weighted by Gasteiger charge is -2.35. The molecular formula is C29H32Cl2FN3O4S. The Morgan fingerprint density at radius 2 is 1.57 bits per heavy atom. The van der Waals surface area contributed by atoms with Gasteiger partial charge in [-0.3, -0.25) is 13.9 Å². The first kappa shape index (κ1) is 31.4. The van der Waals surface area contributed by atoms with E-state index >= 15 is 0 Å². The van der Waals surface area contributed by atoms with Gasteiger partial charge in [0.15, 0.2) is 0 Å². The molecule has 3 aromatic rings. The van der Waals surface area contributed by atoms with Gasteiger partial charge in [0.2, 0.25) is 21.8 Å². The number of anilines is 1. The van der Waals surface area contributed by atoms with Gasteiger partial charge in [-0.15, -0.1) is 0 Å². The molecule has 1 N–H and O–H groups in total. The van der Waals surface area contributed by atoms with Crippen molar-refractivity contribution in [3.8, 4) is 0 Å². The van der Waals surface area contributed by atoms with Gasteiger partial charge >= 0.3 is 0 Å². The molecule has 0 bridgehead atoms. The van der Waals surface area contributed by atoms with Crippen LogP contribution in [0.3, 0.4) is 0 Å². The van der Waals surface area contributed by atoms with E-state index in [0.717, 1.165) is 16.1 Å². The third kappa shape index (κ3) is 8.68. The maximum atomic E-state index is 14.8. The monoisotopic (exact) mass is 607 g/mol. The fourth-order valence-corrected chi connectivity index (χ4v) is 5.20. The fourth-order valence-electron chi connectivity index (χ4n) is 4.07. The molecule has 0 spiro atoms. The first-order valence-corrected chi connectivity index (χ1v) is 15.1. The second-order valence-electron chi connectivity index (χ2n) is 10.4. The summed E-state index contributed by atoms with van der Waals surface area (Å²) in [6, 6.07) is 18.1. The average molecular weight is 609 g/mol. The van der Waals surface area contributed by atoms with Crippen molar-refractivity contribution in [2.24, 2.45) is 0 Å². The van der Waals surface area contributed by atoms with Gasteiger partial charge in [0.1, 0.15) is 18.4 Å². The summed E-state index contributed by atoms with van der Waals surface area (Å²) in [4.78, 5) is 28.9. The Balaban J connectivity index is 2.10. The SMILES string of the molecule is CC(C)(C)NC(=O)[C@@H](Cc1ccccc1)N(Cc1ccccc1F)C(=O)CN(c1ccc(Cl)c(Cl)c1)S(C)(=O)=O. The van der Waals surface area contributed by atoms with Crippen LogP contribution >= 0.6 is 23.2 Å². The molecular weight excluding hydrogens is 576 g/mol. The molecule has 0 radical (unpaired) electrons. The number of nitrogens with zero attached hydrogens (tertiary/aromatic N) is 2. The van der Waals surface area contributed by atoms with Crippen LogP contribution in [0, 0.1) is 5.82 Å². The molecule has 214 valence electrons. The smallest absolute Gasteiger partial charge is 0.244 e. The molecule has 0 saturated carbocycles. The van der Waals surface area contributed by atoms with Gasteiger partial charge < -0.3 is 10.2 Å². The van der Waals surface area contributed by atoms with Crippen LogP contribution in [-0.4, -0.2) is 49.5 Å². The molecule has 0 unspecified atom stereocenters. The number of hydrogen-bond donors (Lipinski definition) is 1. The van der Waals surface area contributed by atoms with Crippen LogP contribution in [0.15, 0.2) is 72.8 Å². The zero-order chi connectivity index (χ0) is 29.7. The van der Waals surface area contributed by atoms with Gasteiger partial charge in [-0.1, -0.05) is 71.7 Å². The van der Waals surface area contributed by atoms with Crippen molar-refractivity contribution in [3.63, 3.8) is 0 Å². The fraction of sp³-hybridized carbons (Fsp3) is 0.310. The number of hydrogen-bond acceptors (Lipinski definition) is 4. The summed E-state index contributed by atoms with van der Waals surface area (Å²) >= 11 is 12.1. The van der Waals surface area contributed by atoms with Crippen molar-refractivity contribution in [1.29, 1.82) is 0 Å². The third-order valence-electron chi connectivity index (χ3n) is 5.94. The lowest BCUT2D eigenvalue weighted by Crippen LogP contribution is -2.56. The maximum Gasteiger partial charge on any atom is 0.244 e. The van der Waals surface area contributed by atoms with Crippen LogP contribution in [0.25, 0.3) is 0 Å². The summed E-state index contributed by atoms with van der Waals surface area (Å²) in [6.45, 7) is 4.51. The van der Waals surface area contributed by atoms with Crippen LogP contribution in [0.2, 0.25) is 10.0 Å². The number of benzene rings is 3. The highest BCUT2D eigenvalue weighted by Gasteiger charge is 2.34. The van der Waals surface area contributed by atoms with Crippen molar-refractivity contribution in [2.45, 2.75) is 45.3 Å². The van der Waals surface area contributed by atoms with E-state index in [1.807, 2.05) is 51.1 Å². The molecule has 11 heteroatoms. The van der Waals surface area contributed by atoms with E-state index in [4.69, 9.17) is 23.2 Å². The van der Waals surface area contributed by atoms with Gasteiger partial charge in [0.25, 0.3) is 0 Å². The normalized spacial score (nSPS) is 12.5. The molecule has 40 heavy (non-hydrogen) atoms. The van der Waals surface area contributed by atoms with Crippen LogP contribution < -0.4 is 9.62 Å². The van der Waals surface area contributed by atoms with Gasteiger partial charge in [-0.2, -0.15) is 0 Å². The van der Waals surface area contributed by atoms with Gasteiger partial charge in [0, 0.05) is 24.1 Å². The summed E-state index contributed by atoms with van der Waals surface area (Å²) in [5, 5.41) is 3.24. The summed E-state index contributed by atoms with van der Waals surface area (Å²) < 4.78 is 41.3. The largest absolute Gasteiger partial charge is 0.350 e. The van der Waals surface area contributed by atoms with E-state index in [9.17, 15) is 22.4 Å². The molecule has 2 amide bonds. The number of halogens is 3. The minimum absolute atomic E-state index is 0.106. The molecule has 0 aliphatic heterocycles. The predicted octanol–water partition coefficient (Wildman–Crippen LogP) is 5.45. The number of nitrogens with one attached hydrogen (secondary N) is 1. The molecule has 0 aromatic heterocycles. The Bertz CT molecular complexity index is 1460. The van der Waals surface area contributed by atoms with E-state index in [1.165, 1.54) is 41.3 Å². The average Bonchev–Trinajstić information content (AvgIpc) is 2.86. The van der Waals surface area contributed by atoms with E-state index < -0.39 is 45.8 Å². The molecule has 0 aliphatic rings. The second-order valence-corrected chi connectivity index (χ2v) is 13.1. The first-order chi connectivity index (χ1) is 18.7. The molecule has 3 aromatic carbocycles. The minimum atomic E-state index is -3.98. The first-order valence-electron chi connectivity index (χ1n) is 12.5. The van der Waals surface area contributed by atoms with Crippen LogP contribution in [0.4, 0.5) is 10.1 Å². The number of carbonyl (C=O) groups excluding carboxylic acids is 2. The molecule has 3 rings (SSSR count). The van der Waals surface area contributed by atoms with Crippen molar-refractivity contribution in [1.82, 2.24) is 10.2 Å². The summed E-state index contributed by atoms with van der Waals surface area (Å²) in [5.74, 6) is -1.72. The van der Waals surface area contributed by atoms with Crippen LogP contribution in [0.5, 0.6) is 0 Å². The van der Waals surface area contributed by atoms with Gasteiger partial charge in [-0.05, 0) is 50.6 Å². The minimum Gasteiger partial charge on any atom is -0.350 e. The molecule has 0 aliphatic carbocycles. The van der Waals surface area contributed by atoms with E-state index in [1.54, 1.807) is 6.07 Å². The Morgan fingerprint density at radius 3 is 2.15 bits per heavy atom. The maximum absolute atomic E-state index is 14.8. The Morgan fingerprint density at radius 1 is 0.950 bits per heavy atom. The molecule has 0 fully saturated rings. The number of sulfonamides is 1. The highest BCUT2D eigenvalue weighted by molar-refractivity contribution is 7.92. The van der Waals surface area contributed by atoms with Gasteiger partial charge in [0.05, 0.1) is 22.0 Å². The lowest BCUT2D eigenvalue weighted by atomic mass is 10.0. The predicted molar refractivity (Wildman–Crippen MR) is 157 cm³/mol. The van der Waals surface area contributed by atoms with E-state index in [-0.39, 0.29) is 34.3 Å². The zero-order valence-electron chi connectivity index (χ0n) is 22.7. The van der Waals surface area contributed by atoms with Crippen LogP contribution in [-0.2, 0) is 32.6 Å². The molecule has 7 nitrogen and oxygen atoms in total. The van der Waals surface area contributed by atoms with Crippen molar-refractivity contribution in [3.05, 3.63) is 99.8 Å². The number of rotatable bonds is 10.